The maximum atomic E-state index is 10.9. The summed E-state index contributed by atoms with van der Waals surface area (Å²) in [6, 6.07) is 2.45. The average molecular weight is 236 g/mol. The molecule has 86 valence electrons. The zero-order valence-electron chi connectivity index (χ0n) is 9.11. The molecule has 1 aliphatic rings. The maximum Gasteiger partial charge on any atom is 0.249 e. The fourth-order valence-corrected chi connectivity index (χ4v) is 2.65. The third-order valence-electron chi connectivity index (χ3n) is 2.77. The van der Waals surface area contributed by atoms with Crippen molar-refractivity contribution in [2.24, 2.45) is 5.73 Å². The van der Waals surface area contributed by atoms with Gasteiger partial charge in [-0.25, -0.2) is 0 Å². The van der Waals surface area contributed by atoms with Crippen LogP contribution in [0.4, 0.5) is 0 Å². The minimum absolute atomic E-state index is 0.344. The molecule has 16 heavy (non-hydrogen) atoms. The summed E-state index contributed by atoms with van der Waals surface area (Å²) in [6.07, 6.45) is 7.92. The van der Waals surface area contributed by atoms with Gasteiger partial charge in [-0.2, -0.15) is 0 Å². The number of nitrogens with two attached hydrogens (primary N) is 1. The van der Waals surface area contributed by atoms with Crippen LogP contribution in [0.2, 0.25) is 0 Å². The van der Waals surface area contributed by atoms with Crippen molar-refractivity contribution in [3.63, 3.8) is 0 Å². The maximum absolute atomic E-state index is 10.9. The number of carbonyl (C=O) groups excluding carboxylic acids is 1. The first-order valence-corrected chi connectivity index (χ1v) is 6.39. The number of carbonyl (C=O) groups is 1. The lowest BCUT2D eigenvalue weighted by Crippen LogP contribution is -2.28. The lowest BCUT2D eigenvalue weighted by atomic mass is 10.0. The molecule has 2 rings (SSSR count). The van der Waals surface area contributed by atoms with Crippen LogP contribution in [-0.4, -0.2) is 11.9 Å². The molecule has 1 heterocycles. The van der Waals surface area contributed by atoms with Gasteiger partial charge < -0.3 is 11.1 Å². The second-order valence-corrected chi connectivity index (χ2v) is 5.02. The van der Waals surface area contributed by atoms with Crippen molar-refractivity contribution in [2.45, 2.75) is 31.8 Å². The van der Waals surface area contributed by atoms with Gasteiger partial charge in [0, 0.05) is 22.8 Å². The summed E-state index contributed by atoms with van der Waals surface area (Å²) in [4.78, 5) is 12.1. The Morgan fingerprint density at radius 1 is 1.56 bits per heavy atom. The molecule has 1 amide bonds. The Bertz CT molecular complexity index is 397. The fraction of sp³-hybridized carbons (Fsp3) is 0.417. The topological polar surface area (TPSA) is 55.1 Å². The third-order valence-corrected chi connectivity index (χ3v) is 3.71. The summed E-state index contributed by atoms with van der Waals surface area (Å²) in [5.74, 6) is -0.344. The van der Waals surface area contributed by atoms with Gasteiger partial charge in [0.25, 0.3) is 0 Å². The Kier molecular flexibility index (Phi) is 3.74. The molecule has 1 aliphatic carbocycles. The van der Waals surface area contributed by atoms with E-state index in [1.54, 1.807) is 11.3 Å². The number of nitrogens with one attached hydrogen (secondary N) is 1. The van der Waals surface area contributed by atoms with Gasteiger partial charge in [-0.15, -0.1) is 11.3 Å². The van der Waals surface area contributed by atoms with Gasteiger partial charge in [0.1, 0.15) is 0 Å². The zero-order valence-corrected chi connectivity index (χ0v) is 9.93. The zero-order chi connectivity index (χ0) is 11.4. The van der Waals surface area contributed by atoms with Crippen LogP contribution in [0.5, 0.6) is 0 Å². The summed E-state index contributed by atoms with van der Waals surface area (Å²) in [5, 5.41) is 5.32. The Balaban J connectivity index is 1.84. The third kappa shape index (κ3) is 2.93. The number of thiophene rings is 1. The fourth-order valence-electron chi connectivity index (χ4n) is 1.83. The van der Waals surface area contributed by atoms with Crippen LogP contribution in [0, 0.1) is 0 Å². The Hall–Kier alpha value is -1.13. The van der Waals surface area contributed by atoms with Gasteiger partial charge in [0.05, 0.1) is 5.56 Å². The highest BCUT2D eigenvalue weighted by Crippen LogP contribution is 2.16. The van der Waals surface area contributed by atoms with Crippen LogP contribution in [0.3, 0.4) is 0 Å². The molecule has 0 radical (unpaired) electrons. The summed E-state index contributed by atoms with van der Waals surface area (Å²) in [6.45, 7) is 0.830. The van der Waals surface area contributed by atoms with Crippen molar-refractivity contribution in [1.82, 2.24) is 5.32 Å². The van der Waals surface area contributed by atoms with Crippen molar-refractivity contribution < 1.29 is 4.79 Å². The molecular weight excluding hydrogens is 220 g/mol. The highest BCUT2D eigenvalue weighted by molar-refractivity contribution is 7.10. The highest BCUT2D eigenvalue weighted by atomic mass is 32.1. The van der Waals surface area contributed by atoms with Crippen LogP contribution < -0.4 is 11.1 Å². The van der Waals surface area contributed by atoms with Crippen LogP contribution in [0.15, 0.2) is 23.6 Å². The van der Waals surface area contributed by atoms with Crippen LogP contribution in [-0.2, 0) is 6.54 Å². The summed E-state index contributed by atoms with van der Waals surface area (Å²) in [5.41, 5.74) is 5.82. The van der Waals surface area contributed by atoms with Gasteiger partial charge in [-0.3, -0.25) is 4.79 Å². The number of rotatable bonds is 4. The molecule has 3 N–H and O–H groups in total. The van der Waals surface area contributed by atoms with E-state index < -0.39 is 0 Å². The van der Waals surface area contributed by atoms with Crippen molar-refractivity contribution in [3.05, 3.63) is 34.0 Å². The molecule has 0 spiro atoms. The molecule has 0 aliphatic heterocycles. The average Bonchev–Trinajstić information content (AvgIpc) is 2.76. The first-order valence-electron chi connectivity index (χ1n) is 5.51. The smallest absolute Gasteiger partial charge is 0.249 e. The number of hydrogen-bond acceptors (Lipinski definition) is 3. The number of primary amides is 1. The predicted molar refractivity (Wildman–Crippen MR) is 66.5 cm³/mol. The van der Waals surface area contributed by atoms with Crippen molar-refractivity contribution in [3.8, 4) is 0 Å². The van der Waals surface area contributed by atoms with Gasteiger partial charge >= 0.3 is 0 Å². The Morgan fingerprint density at radius 2 is 2.44 bits per heavy atom. The van der Waals surface area contributed by atoms with Gasteiger partial charge in [-0.1, -0.05) is 12.2 Å². The molecule has 1 aromatic rings. The van der Waals surface area contributed by atoms with Gasteiger partial charge in [0.15, 0.2) is 0 Å². The summed E-state index contributed by atoms with van der Waals surface area (Å²) >= 11 is 1.59. The van der Waals surface area contributed by atoms with Crippen molar-refractivity contribution >= 4 is 17.2 Å². The first kappa shape index (κ1) is 11.4. The van der Waals surface area contributed by atoms with Crippen molar-refractivity contribution in [2.75, 3.05) is 0 Å². The number of hydrogen-bond donors (Lipinski definition) is 2. The molecule has 0 aromatic carbocycles. The lowest BCUT2D eigenvalue weighted by Gasteiger charge is -2.18. The molecule has 0 saturated carbocycles. The molecule has 1 aromatic heterocycles. The minimum Gasteiger partial charge on any atom is -0.366 e. The van der Waals surface area contributed by atoms with Crippen LogP contribution in [0.1, 0.15) is 34.5 Å². The molecule has 4 heteroatoms. The lowest BCUT2D eigenvalue weighted by molar-refractivity contribution is 0.100. The van der Waals surface area contributed by atoms with Crippen LogP contribution in [0.25, 0.3) is 0 Å². The molecule has 1 unspecified atom stereocenters. The van der Waals surface area contributed by atoms with E-state index in [2.05, 4.69) is 17.5 Å². The SMILES string of the molecule is NC(=O)c1csc(CNC2CC=CCC2)c1. The van der Waals surface area contributed by atoms with E-state index in [4.69, 9.17) is 5.73 Å². The normalized spacial score (nSPS) is 19.9. The van der Waals surface area contributed by atoms with E-state index in [1.807, 2.05) is 11.4 Å². The van der Waals surface area contributed by atoms with E-state index >= 15 is 0 Å². The van der Waals surface area contributed by atoms with Crippen molar-refractivity contribution in [1.29, 1.82) is 0 Å². The van der Waals surface area contributed by atoms with E-state index in [9.17, 15) is 4.79 Å². The number of allylic oxidation sites excluding steroid dienone is 1. The molecule has 0 bridgehead atoms. The second kappa shape index (κ2) is 5.27. The highest BCUT2D eigenvalue weighted by Gasteiger charge is 2.10. The molecule has 0 saturated heterocycles. The quantitative estimate of drug-likeness (QED) is 0.786. The van der Waals surface area contributed by atoms with Gasteiger partial charge in [-0.05, 0) is 25.3 Å². The molecule has 1 atom stereocenters. The van der Waals surface area contributed by atoms with E-state index in [0.717, 1.165) is 19.4 Å². The Labute approximate surface area is 99.3 Å². The Morgan fingerprint density at radius 3 is 3.06 bits per heavy atom. The van der Waals surface area contributed by atoms with E-state index in [0.29, 0.717) is 11.6 Å². The standard InChI is InChI=1S/C12H16N2OS/c13-12(15)9-6-11(16-8-9)7-14-10-4-2-1-3-5-10/h1-2,6,8,10,14H,3-5,7H2,(H2,13,15). The second-order valence-electron chi connectivity index (χ2n) is 4.03. The molecule has 3 nitrogen and oxygen atoms in total. The predicted octanol–water partition coefficient (Wildman–Crippen LogP) is 2.05. The van der Waals surface area contributed by atoms with E-state index in [-0.39, 0.29) is 5.91 Å². The molecule has 0 fully saturated rings. The molecular formula is C12H16N2OS. The number of amides is 1. The van der Waals surface area contributed by atoms with E-state index in [1.165, 1.54) is 11.3 Å². The monoisotopic (exact) mass is 236 g/mol. The first-order chi connectivity index (χ1) is 7.75. The van der Waals surface area contributed by atoms with Gasteiger partial charge in [0.2, 0.25) is 5.91 Å². The minimum atomic E-state index is -0.344. The largest absolute Gasteiger partial charge is 0.366 e. The summed E-state index contributed by atoms with van der Waals surface area (Å²) < 4.78 is 0. The van der Waals surface area contributed by atoms with Crippen LogP contribution >= 0.6 is 11.3 Å². The summed E-state index contributed by atoms with van der Waals surface area (Å²) in [7, 11) is 0.